The summed E-state index contributed by atoms with van der Waals surface area (Å²) in [4.78, 5) is 35.6. The van der Waals surface area contributed by atoms with Crippen molar-refractivity contribution < 1.29 is 19.5 Å². The minimum Gasteiger partial charge on any atom is -0.480 e. The monoisotopic (exact) mass is 290 g/mol. The lowest BCUT2D eigenvalue weighted by atomic mass is 10.1. The van der Waals surface area contributed by atoms with E-state index in [0.29, 0.717) is 18.7 Å². The standard InChI is InChI=1S/C15H18N2O4/c1-10(18)16-12-6-4-11(5-7-12)9-14(19)17-8-2-3-13(17)15(20)21/h4-7,13H,2-3,8-9H2,1H3,(H,16,18)(H,20,21). The number of carboxylic acids is 1. The average Bonchev–Trinajstić information content (AvgIpc) is 2.90. The van der Waals surface area contributed by atoms with Gasteiger partial charge in [0.2, 0.25) is 11.8 Å². The second-order valence-electron chi connectivity index (χ2n) is 5.14. The molecule has 2 N–H and O–H groups in total. The van der Waals surface area contributed by atoms with Gasteiger partial charge in [-0.05, 0) is 30.5 Å². The number of benzene rings is 1. The number of hydrogen-bond donors (Lipinski definition) is 2. The Bertz CT molecular complexity index is 553. The van der Waals surface area contributed by atoms with Crippen LogP contribution in [-0.2, 0) is 20.8 Å². The molecule has 1 unspecified atom stereocenters. The van der Waals surface area contributed by atoms with Crippen LogP contribution >= 0.6 is 0 Å². The second kappa shape index (κ2) is 6.39. The number of carbonyl (C=O) groups is 3. The van der Waals surface area contributed by atoms with Gasteiger partial charge in [-0.15, -0.1) is 0 Å². The van der Waals surface area contributed by atoms with Crippen molar-refractivity contribution in [3.63, 3.8) is 0 Å². The first-order valence-electron chi connectivity index (χ1n) is 6.86. The zero-order valence-corrected chi connectivity index (χ0v) is 11.8. The summed E-state index contributed by atoms with van der Waals surface area (Å²) >= 11 is 0. The lowest BCUT2D eigenvalue weighted by Crippen LogP contribution is -2.41. The first-order valence-corrected chi connectivity index (χ1v) is 6.86. The predicted octanol–water partition coefficient (Wildman–Crippen LogP) is 1.26. The van der Waals surface area contributed by atoms with Gasteiger partial charge in [-0.2, -0.15) is 0 Å². The Hall–Kier alpha value is -2.37. The molecule has 2 amide bonds. The van der Waals surface area contributed by atoms with Crippen LogP contribution in [0.3, 0.4) is 0 Å². The number of anilines is 1. The lowest BCUT2D eigenvalue weighted by molar-refractivity contribution is -0.148. The van der Waals surface area contributed by atoms with Gasteiger partial charge in [-0.25, -0.2) is 4.79 Å². The van der Waals surface area contributed by atoms with Gasteiger partial charge in [0.25, 0.3) is 0 Å². The fourth-order valence-electron chi connectivity index (χ4n) is 2.51. The molecule has 0 spiro atoms. The molecule has 21 heavy (non-hydrogen) atoms. The molecule has 1 heterocycles. The molecule has 0 radical (unpaired) electrons. The van der Waals surface area contributed by atoms with Crippen LogP contribution < -0.4 is 5.32 Å². The number of aliphatic carboxylic acids is 1. The Morgan fingerprint density at radius 1 is 1.29 bits per heavy atom. The SMILES string of the molecule is CC(=O)Nc1ccc(CC(=O)N2CCCC2C(=O)O)cc1. The summed E-state index contributed by atoms with van der Waals surface area (Å²) in [5.41, 5.74) is 1.47. The van der Waals surface area contributed by atoms with Crippen molar-refractivity contribution in [2.24, 2.45) is 0 Å². The number of rotatable bonds is 4. The summed E-state index contributed by atoms with van der Waals surface area (Å²) in [6, 6.07) is 6.27. The van der Waals surface area contributed by atoms with Gasteiger partial charge in [-0.1, -0.05) is 12.1 Å². The van der Waals surface area contributed by atoms with E-state index in [4.69, 9.17) is 5.11 Å². The van der Waals surface area contributed by atoms with Crippen molar-refractivity contribution in [1.82, 2.24) is 4.90 Å². The van der Waals surface area contributed by atoms with Crippen molar-refractivity contribution in [2.45, 2.75) is 32.2 Å². The van der Waals surface area contributed by atoms with Crippen LogP contribution in [0.1, 0.15) is 25.3 Å². The van der Waals surface area contributed by atoms with E-state index in [-0.39, 0.29) is 18.2 Å². The number of amides is 2. The topological polar surface area (TPSA) is 86.7 Å². The summed E-state index contributed by atoms with van der Waals surface area (Å²) in [5, 5.41) is 11.7. The van der Waals surface area contributed by atoms with Gasteiger partial charge < -0.3 is 15.3 Å². The van der Waals surface area contributed by atoms with Crippen LogP contribution in [0.25, 0.3) is 0 Å². The van der Waals surface area contributed by atoms with E-state index in [1.807, 2.05) is 0 Å². The first kappa shape index (κ1) is 15.0. The molecule has 0 aliphatic carbocycles. The number of hydrogen-bond acceptors (Lipinski definition) is 3. The molecule has 1 saturated heterocycles. The first-order chi connectivity index (χ1) is 9.97. The highest BCUT2D eigenvalue weighted by molar-refractivity contribution is 5.89. The van der Waals surface area contributed by atoms with E-state index >= 15 is 0 Å². The van der Waals surface area contributed by atoms with Gasteiger partial charge in [0.1, 0.15) is 6.04 Å². The van der Waals surface area contributed by atoms with Crippen molar-refractivity contribution in [3.05, 3.63) is 29.8 Å². The predicted molar refractivity (Wildman–Crippen MR) is 76.8 cm³/mol. The highest BCUT2D eigenvalue weighted by Crippen LogP contribution is 2.19. The summed E-state index contributed by atoms with van der Waals surface area (Å²) in [6.07, 6.45) is 1.41. The maximum Gasteiger partial charge on any atom is 0.326 e. The van der Waals surface area contributed by atoms with Crippen LogP contribution in [0.15, 0.2) is 24.3 Å². The van der Waals surface area contributed by atoms with Crippen LogP contribution in [0.4, 0.5) is 5.69 Å². The highest BCUT2D eigenvalue weighted by Gasteiger charge is 2.33. The second-order valence-corrected chi connectivity index (χ2v) is 5.14. The maximum atomic E-state index is 12.2. The van der Waals surface area contributed by atoms with Gasteiger partial charge >= 0.3 is 5.97 Å². The third-order valence-electron chi connectivity index (χ3n) is 3.49. The zero-order chi connectivity index (χ0) is 15.4. The van der Waals surface area contributed by atoms with Gasteiger partial charge in [0.15, 0.2) is 0 Å². The summed E-state index contributed by atoms with van der Waals surface area (Å²) in [5.74, 6) is -1.27. The van der Waals surface area contributed by atoms with Crippen LogP contribution in [0, 0.1) is 0 Å². The van der Waals surface area contributed by atoms with Crippen molar-refractivity contribution in [1.29, 1.82) is 0 Å². The molecule has 1 aliphatic heterocycles. The number of likely N-dealkylation sites (tertiary alicyclic amines) is 1. The molecule has 2 rings (SSSR count). The van der Waals surface area contributed by atoms with Crippen LogP contribution in [-0.4, -0.2) is 40.4 Å². The Labute approximate surface area is 122 Å². The summed E-state index contributed by atoms with van der Waals surface area (Å²) < 4.78 is 0. The van der Waals surface area contributed by atoms with E-state index < -0.39 is 12.0 Å². The Morgan fingerprint density at radius 3 is 2.52 bits per heavy atom. The van der Waals surface area contributed by atoms with Crippen molar-refractivity contribution in [3.8, 4) is 0 Å². The largest absolute Gasteiger partial charge is 0.480 e. The van der Waals surface area contributed by atoms with E-state index in [0.717, 1.165) is 12.0 Å². The van der Waals surface area contributed by atoms with Gasteiger partial charge in [0.05, 0.1) is 6.42 Å². The molecular weight excluding hydrogens is 272 g/mol. The van der Waals surface area contributed by atoms with Gasteiger partial charge in [-0.3, -0.25) is 9.59 Å². The Morgan fingerprint density at radius 2 is 1.95 bits per heavy atom. The van der Waals surface area contributed by atoms with E-state index in [2.05, 4.69) is 5.32 Å². The number of carbonyl (C=O) groups excluding carboxylic acids is 2. The van der Waals surface area contributed by atoms with Crippen LogP contribution in [0.5, 0.6) is 0 Å². The van der Waals surface area contributed by atoms with Gasteiger partial charge in [0, 0.05) is 19.2 Å². The van der Waals surface area contributed by atoms with E-state index in [9.17, 15) is 14.4 Å². The fourth-order valence-corrected chi connectivity index (χ4v) is 2.51. The van der Waals surface area contributed by atoms with E-state index in [1.54, 1.807) is 24.3 Å². The molecule has 1 aliphatic rings. The molecule has 6 heteroatoms. The Kier molecular flexibility index (Phi) is 4.57. The molecule has 0 bridgehead atoms. The number of nitrogens with zero attached hydrogens (tertiary/aromatic N) is 1. The van der Waals surface area contributed by atoms with Crippen molar-refractivity contribution in [2.75, 3.05) is 11.9 Å². The molecule has 1 aromatic rings. The molecule has 0 saturated carbocycles. The number of nitrogens with one attached hydrogen (secondary N) is 1. The smallest absolute Gasteiger partial charge is 0.326 e. The molecule has 6 nitrogen and oxygen atoms in total. The molecule has 1 aromatic carbocycles. The fraction of sp³-hybridized carbons (Fsp3) is 0.400. The lowest BCUT2D eigenvalue weighted by Gasteiger charge is -2.21. The highest BCUT2D eigenvalue weighted by atomic mass is 16.4. The Balaban J connectivity index is 1.99. The zero-order valence-electron chi connectivity index (χ0n) is 11.8. The quantitative estimate of drug-likeness (QED) is 0.874. The summed E-state index contributed by atoms with van der Waals surface area (Å²) in [6.45, 7) is 1.93. The average molecular weight is 290 g/mol. The minimum atomic E-state index is -0.943. The third kappa shape index (κ3) is 3.81. The van der Waals surface area contributed by atoms with Crippen LogP contribution in [0.2, 0.25) is 0 Å². The molecule has 112 valence electrons. The van der Waals surface area contributed by atoms with Crippen molar-refractivity contribution >= 4 is 23.5 Å². The molecule has 1 fully saturated rings. The number of carboxylic acid groups (broad SMARTS) is 1. The molecule has 0 aromatic heterocycles. The van der Waals surface area contributed by atoms with E-state index in [1.165, 1.54) is 11.8 Å². The normalized spacial score (nSPS) is 17.6. The third-order valence-corrected chi connectivity index (χ3v) is 3.49. The maximum absolute atomic E-state index is 12.2. The summed E-state index contributed by atoms with van der Waals surface area (Å²) in [7, 11) is 0. The molecular formula is C15H18N2O4. The molecule has 1 atom stereocenters. The minimum absolute atomic E-state index is 0.153.